The standard InChI is InChI=1S/C17H17IN2O3/c1-3-23-16-9-12(7-8-15(16)22-2)11-19-20-17(21)13-5-4-6-14(18)10-13/h4-11H,3H2,1-2H3,(H,20,21)/b19-11-. The highest BCUT2D eigenvalue weighted by molar-refractivity contribution is 14.1. The first-order chi connectivity index (χ1) is 11.1. The topological polar surface area (TPSA) is 59.9 Å². The van der Waals surface area contributed by atoms with E-state index >= 15 is 0 Å². The number of nitrogens with one attached hydrogen (secondary N) is 1. The first-order valence-electron chi connectivity index (χ1n) is 7.04. The van der Waals surface area contributed by atoms with E-state index < -0.39 is 0 Å². The summed E-state index contributed by atoms with van der Waals surface area (Å²) in [6.45, 7) is 2.45. The third-order valence-corrected chi connectivity index (χ3v) is 3.63. The molecular formula is C17H17IN2O3. The summed E-state index contributed by atoms with van der Waals surface area (Å²) in [6.07, 6.45) is 1.56. The van der Waals surface area contributed by atoms with Gasteiger partial charge in [-0.1, -0.05) is 6.07 Å². The van der Waals surface area contributed by atoms with E-state index in [0.29, 0.717) is 23.7 Å². The Kier molecular flexibility index (Phi) is 6.40. The Morgan fingerprint density at radius 1 is 1.26 bits per heavy atom. The minimum Gasteiger partial charge on any atom is -0.493 e. The highest BCUT2D eigenvalue weighted by atomic mass is 127. The van der Waals surface area contributed by atoms with Crippen molar-refractivity contribution in [2.75, 3.05) is 13.7 Å². The minimum atomic E-state index is -0.252. The maximum Gasteiger partial charge on any atom is 0.271 e. The number of carbonyl (C=O) groups is 1. The summed E-state index contributed by atoms with van der Waals surface area (Å²) in [5.41, 5.74) is 3.88. The monoisotopic (exact) mass is 424 g/mol. The highest BCUT2D eigenvalue weighted by Crippen LogP contribution is 2.27. The van der Waals surface area contributed by atoms with Crippen LogP contribution in [-0.4, -0.2) is 25.8 Å². The zero-order chi connectivity index (χ0) is 16.7. The van der Waals surface area contributed by atoms with Crippen LogP contribution in [-0.2, 0) is 0 Å². The zero-order valence-corrected chi connectivity index (χ0v) is 15.0. The molecule has 0 bridgehead atoms. The molecule has 0 heterocycles. The Hall–Kier alpha value is -2.09. The number of ether oxygens (including phenoxy) is 2. The molecule has 0 saturated heterocycles. The lowest BCUT2D eigenvalue weighted by Crippen LogP contribution is -2.17. The van der Waals surface area contributed by atoms with Gasteiger partial charge in [-0.3, -0.25) is 4.79 Å². The molecule has 0 aliphatic rings. The molecule has 0 saturated carbocycles. The van der Waals surface area contributed by atoms with E-state index in [1.54, 1.807) is 31.5 Å². The predicted molar refractivity (Wildman–Crippen MR) is 98.4 cm³/mol. The number of halogens is 1. The van der Waals surface area contributed by atoms with Crippen molar-refractivity contribution in [3.63, 3.8) is 0 Å². The number of amides is 1. The van der Waals surface area contributed by atoms with E-state index in [-0.39, 0.29) is 5.91 Å². The van der Waals surface area contributed by atoms with Crippen molar-refractivity contribution in [3.05, 3.63) is 57.2 Å². The molecule has 0 unspecified atom stereocenters. The largest absolute Gasteiger partial charge is 0.493 e. The Labute approximate surface area is 148 Å². The lowest BCUT2D eigenvalue weighted by Gasteiger charge is -2.09. The third-order valence-electron chi connectivity index (χ3n) is 2.95. The molecule has 0 radical (unpaired) electrons. The Balaban J connectivity index is 2.05. The molecule has 120 valence electrons. The summed E-state index contributed by atoms with van der Waals surface area (Å²) in [5, 5.41) is 3.98. The summed E-state index contributed by atoms with van der Waals surface area (Å²) >= 11 is 2.16. The summed E-state index contributed by atoms with van der Waals surface area (Å²) < 4.78 is 11.7. The van der Waals surface area contributed by atoms with Crippen LogP contribution in [0.25, 0.3) is 0 Å². The molecule has 0 atom stereocenters. The average Bonchev–Trinajstić information content (AvgIpc) is 2.55. The van der Waals surface area contributed by atoms with E-state index in [9.17, 15) is 4.79 Å². The predicted octanol–water partition coefficient (Wildman–Crippen LogP) is 3.46. The van der Waals surface area contributed by atoms with Gasteiger partial charge in [-0.2, -0.15) is 5.10 Å². The van der Waals surface area contributed by atoms with Crippen LogP contribution in [0.5, 0.6) is 11.5 Å². The molecule has 0 aliphatic heterocycles. The molecule has 1 amide bonds. The molecular weight excluding hydrogens is 407 g/mol. The number of hydrogen-bond acceptors (Lipinski definition) is 4. The van der Waals surface area contributed by atoms with Crippen molar-refractivity contribution in [2.24, 2.45) is 5.10 Å². The maximum absolute atomic E-state index is 12.0. The third kappa shape index (κ3) is 4.95. The SMILES string of the molecule is CCOc1cc(/C=N\NC(=O)c2cccc(I)c2)ccc1OC. The lowest BCUT2D eigenvalue weighted by molar-refractivity contribution is 0.0955. The van der Waals surface area contributed by atoms with Gasteiger partial charge in [0.25, 0.3) is 5.91 Å². The molecule has 1 N–H and O–H groups in total. The van der Waals surface area contributed by atoms with Gasteiger partial charge in [-0.25, -0.2) is 5.43 Å². The lowest BCUT2D eigenvalue weighted by atomic mass is 10.2. The van der Waals surface area contributed by atoms with Crippen molar-refractivity contribution < 1.29 is 14.3 Å². The fraction of sp³-hybridized carbons (Fsp3) is 0.176. The van der Waals surface area contributed by atoms with Gasteiger partial charge < -0.3 is 9.47 Å². The number of nitrogens with zero attached hydrogens (tertiary/aromatic N) is 1. The van der Waals surface area contributed by atoms with Gasteiger partial charge in [0, 0.05) is 9.13 Å². The normalized spacial score (nSPS) is 10.6. The molecule has 2 rings (SSSR count). The first kappa shape index (κ1) is 17.3. The van der Waals surface area contributed by atoms with Crippen molar-refractivity contribution in [2.45, 2.75) is 6.92 Å². The molecule has 0 aromatic heterocycles. The second-order valence-electron chi connectivity index (χ2n) is 4.55. The van der Waals surface area contributed by atoms with Gasteiger partial charge in [-0.05, 0) is 71.5 Å². The van der Waals surface area contributed by atoms with Crippen LogP contribution < -0.4 is 14.9 Å². The van der Waals surface area contributed by atoms with Crippen LogP contribution in [0.1, 0.15) is 22.8 Å². The van der Waals surface area contributed by atoms with Crippen molar-refractivity contribution in [1.82, 2.24) is 5.43 Å². The molecule has 0 fully saturated rings. The average molecular weight is 424 g/mol. The van der Waals surface area contributed by atoms with Gasteiger partial charge in [-0.15, -0.1) is 0 Å². The zero-order valence-electron chi connectivity index (χ0n) is 12.9. The number of benzene rings is 2. The maximum atomic E-state index is 12.0. The van der Waals surface area contributed by atoms with Crippen LogP contribution in [0, 0.1) is 3.57 Å². The van der Waals surface area contributed by atoms with Gasteiger partial charge in [0.2, 0.25) is 0 Å². The highest BCUT2D eigenvalue weighted by Gasteiger charge is 2.05. The Bertz CT molecular complexity index is 717. The molecule has 23 heavy (non-hydrogen) atoms. The van der Waals surface area contributed by atoms with Gasteiger partial charge in [0.05, 0.1) is 19.9 Å². The summed E-state index contributed by atoms with van der Waals surface area (Å²) in [6, 6.07) is 12.7. The number of methoxy groups -OCH3 is 1. The molecule has 6 heteroatoms. The van der Waals surface area contributed by atoms with Crippen LogP contribution in [0.4, 0.5) is 0 Å². The smallest absolute Gasteiger partial charge is 0.271 e. The fourth-order valence-corrected chi connectivity index (χ4v) is 2.44. The molecule has 0 aliphatic carbocycles. The van der Waals surface area contributed by atoms with Gasteiger partial charge in [0.1, 0.15) is 0 Å². The number of carbonyl (C=O) groups excluding carboxylic acids is 1. The second-order valence-corrected chi connectivity index (χ2v) is 5.80. The van der Waals surface area contributed by atoms with Crippen LogP contribution in [0.3, 0.4) is 0 Å². The van der Waals surface area contributed by atoms with E-state index in [1.165, 1.54) is 0 Å². The number of hydrazone groups is 1. The van der Waals surface area contributed by atoms with E-state index in [1.807, 2.05) is 31.2 Å². The quantitative estimate of drug-likeness (QED) is 0.439. The molecule has 2 aromatic carbocycles. The minimum absolute atomic E-state index is 0.252. The second kappa shape index (κ2) is 8.52. The van der Waals surface area contributed by atoms with Crippen molar-refractivity contribution in [1.29, 1.82) is 0 Å². The van der Waals surface area contributed by atoms with Crippen LogP contribution in [0.2, 0.25) is 0 Å². The summed E-state index contributed by atoms with van der Waals surface area (Å²) in [7, 11) is 1.59. The van der Waals surface area contributed by atoms with E-state index in [0.717, 1.165) is 9.13 Å². The number of rotatable bonds is 6. The van der Waals surface area contributed by atoms with Crippen molar-refractivity contribution in [3.8, 4) is 11.5 Å². The number of hydrogen-bond donors (Lipinski definition) is 1. The molecule has 0 spiro atoms. The van der Waals surface area contributed by atoms with Crippen LogP contribution >= 0.6 is 22.6 Å². The summed E-state index contributed by atoms with van der Waals surface area (Å²) in [4.78, 5) is 12.0. The molecule has 2 aromatic rings. The fourth-order valence-electron chi connectivity index (χ4n) is 1.90. The van der Waals surface area contributed by atoms with E-state index in [2.05, 4.69) is 33.1 Å². The Morgan fingerprint density at radius 2 is 2.09 bits per heavy atom. The van der Waals surface area contributed by atoms with Crippen molar-refractivity contribution >= 4 is 34.7 Å². The van der Waals surface area contributed by atoms with E-state index in [4.69, 9.17) is 9.47 Å². The summed E-state index contributed by atoms with van der Waals surface area (Å²) in [5.74, 6) is 1.05. The first-order valence-corrected chi connectivity index (χ1v) is 8.11. The Morgan fingerprint density at radius 3 is 2.78 bits per heavy atom. The molecule has 5 nitrogen and oxygen atoms in total. The van der Waals surface area contributed by atoms with Gasteiger partial charge in [0.15, 0.2) is 11.5 Å². The van der Waals surface area contributed by atoms with Crippen LogP contribution in [0.15, 0.2) is 47.6 Å². The van der Waals surface area contributed by atoms with Gasteiger partial charge >= 0.3 is 0 Å².